The second-order valence-corrected chi connectivity index (χ2v) is 4.06. The fourth-order valence-corrected chi connectivity index (χ4v) is 1.37. The van der Waals surface area contributed by atoms with Gasteiger partial charge in [0.2, 0.25) is 5.91 Å². The Morgan fingerprint density at radius 3 is 2.00 bits per heavy atom. The summed E-state index contributed by atoms with van der Waals surface area (Å²) in [6, 6.07) is 0. The van der Waals surface area contributed by atoms with Gasteiger partial charge in [-0.25, -0.2) is 0 Å². The SMILES string of the molecule is CCCC(=O)N(CC)C(C)(C)C. The second kappa shape index (κ2) is 4.48. The van der Waals surface area contributed by atoms with Crippen molar-refractivity contribution in [2.45, 2.75) is 53.0 Å². The first-order valence-electron chi connectivity index (χ1n) is 4.74. The van der Waals surface area contributed by atoms with Gasteiger partial charge in [0, 0.05) is 18.5 Å². The Bertz CT molecular complexity index is 146. The summed E-state index contributed by atoms with van der Waals surface area (Å²) in [5.41, 5.74) is -0.0268. The molecule has 0 spiro atoms. The van der Waals surface area contributed by atoms with E-state index in [1.165, 1.54) is 0 Å². The third-order valence-corrected chi connectivity index (χ3v) is 1.89. The van der Waals surface area contributed by atoms with Gasteiger partial charge in [0.15, 0.2) is 0 Å². The minimum Gasteiger partial charge on any atom is -0.338 e. The largest absolute Gasteiger partial charge is 0.338 e. The van der Waals surface area contributed by atoms with Crippen LogP contribution in [-0.2, 0) is 4.79 Å². The predicted octanol–water partition coefficient (Wildman–Crippen LogP) is 2.43. The van der Waals surface area contributed by atoms with E-state index in [9.17, 15) is 4.79 Å². The zero-order valence-electron chi connectivity index (χ0n) is 8.98. The molecule has 2 nitrogen and oxygen atoms in total. The average molecular weight is 171 g/mol. The van der Waals surface area contributed by atoms with Gasteiger partial charge >= 0.3 is 0 Å². The molecule has 2 heteroatoms. The number of carbonyl (C=O) groups excluding carboxylic acids is 1. The first-order chi connectivity index (χ1) is 5.43. The summed E-state index contributed by atoms with van der Waals surface area (Å²) in [5, 5.41) is 0. The smallest absolute Gasteiger partial charge is 0.222 e. The van der Waals surface area contributed by atoms with E-state index in [2.05, 4.69) is 20.8 Å². The lowest BCUT2D eigenvalue weighted by atomic mass is 10.1. The molecule has 0 radical (unpaired) electrons. The van der Waals surface area contributed by atoms with Crippen molar-refractivity contribution in [2.75, 3.05) is 6.54 Å². The lowest BCUT2D eigenvalue weighted by Gasteiger charge is -2.34. The van der Waals surface area contributed by atoms with Gasteiger partial charge in [-0.1, -0.05) is 6.92 Å². The van der Waals surface area contributed by atoms with Crippen LogP contribution in [0.4, 0.5) is 0 Å². The molecule has 0 aliphatic carbocycles. The van der Waals surface area contributed by atoms with Crippen molar-refractivity contribution in [1.29, 1.82) is 0 Å². The molecule has 0 aliphatic rings. The van der Waals surface area contributed by atoms with E-state index < -0.39 is 0 Å². The Balaban J connectivity index is 4.25. The first kappa shape index (κ1) is 11.5. The highest BCUT2D eigenvalue weighted by molar-refractivity contribution is 5.76. The summed E-state index contributed by atoms with van der Waals surface area (Å²) < 4.78 is 0. The van der Waals surface area contributed by atoms with Crippen LogP contribution < -0.4 is 0 Å². The molecule has 12 heavy (non-hydrogen) atoms. The number of hydrogen-bond donors (Lipinski definition) is 0. The Morgan fingerprint density at radius 1 is 1.25 bits per heavy atom. The Hall–Kier alpha value is -0.530. The molecule has 0 aromatic rings. The van der Waals surface area contributed by atoms with Crippen LogP contribution in [0.3, 0.4) is 0 Å². The molecular formula is C10H21NO. The van der Waals surface area contributed by atoms with Gasteiger partial charge in [0.1, 0.15) is 0 Å². The van der Waals surface area contributed by atoms with Gasteiger partial charge in [0.05, 0.1) is 0 Å². The van der Waals surface area contributed by atoms with E-state index in [4.69, 9.17) is 0 Å². The second-order valence-electron chi connectivity index (χ2n) is 4.06. The van der Waals surface area contributed by atoms with Gasteiger partial charge in [-0.15, -0.1) is 0 Å². The monoisotopic (exact) mass is 171 g/mol. The average Bonchev–Trinajstić information content (AvgIpc) is 1.85. The molecule has 0 N–H and O–H groups in total. The molecule has 0 rings (SSSR count). The van der Waals surface area contributed by atoms with Gasteiger partial charge in [0.25, 0.3) is 0 Å². The van der Waals surface area contributed by atoms with Crippen molar-refractivity contribution in [1.82, 2.24) is 4.90 Å². The van der Waals surface area contributed by atoms with Gasteiger partial charge in [-0.2, -0.15) is 0 Å². The van der Waals surface area contributed by atoms with Crippen molar-refractivity contribution in [3.05, 3.63) is 0 Å². The van der Waals surface area contributed by atoms with E-state index in [0.717, 1.165) is 13.0 Å². The minimum atomic E-state index is -0.0268. The number of carbonyl (C=O) groups is 1. The highest BCUT2D eigenvalue weighted by atomic mass is 16.2. The van der Waals surface area contributed by atoms with Crippen LogP contribution in [0, 0.1) is 0 Å². The summed E-state index contributed by atoms with van der Waals surface area (Å²) in [7, 11) is 0. The Kier molecular flexibility index (Phi) is 4.29. The quantitative estimate of drug-likeness (QED) is 0.638. The number of amides is 1. The number of nitrogens with zero attached hydrogens (tertiary/aromatic N) is 1. The molecule has 0 saturated carbocycles. The summed E-state index contributed by atoms with van der Waals surface area (Å²) in [4.78, 5) is 13.5. The van der Waals surface area contributed by atoms with Crippen molar-refractivity contribution in [3.8, 4) is 0 Å². The Labute approximate surface area is 75.9 Å². The molecule has 72 valence electrons. The van der Waals surface area contributed by atoms with Gasteiger partial charge in [-0.05, 0) is 34.1 Å². The maximum absolute atomic E-state index is 11.5. The molecule has 0 bridgehead atoms. The highest BCUT2D eigenvalue weighted by Gasteiger charge is 2.23. The van der Waals surface area contributed by atoms with Crippen LogP contribution in [-0.4, -0.2) is 22.9 Å². The van der Waals surface area contributed by atoms with Crippen LogP contribution in [0.5, 0.6) is 0 Å². The molecule has 0 aromatic heterocycles. The fraction of sp³-hybridized carbons (Fsp3) is 0.900. The van der Waals surface area contributed by atoms with Crippen molar-refractivity contribution < 1.29 is 4.79 Å². The zero-order chi connectivity index (χ0) is 9.78. The topological polar surface area (TPSA) is 20.3 Å². The zero-order valence-corrected chi connectivity index (χ0v) is 8.98. The predicted molar refractivity (Wildman–Crippen MR) is 52.0 cm³/mol. The lowest BCUT2D eigenvalue weighted by Crippen LogP contribution is -2.45. The highest BCUT2D eigenvalue weighted by Crippen LogP contribution is 2.14. The van der Waals surface area contributed by atoms with Crippen LogP contribution in [0.15, 0.2) is 0 Å². The molecule has 0 saturated heterocycles. The Morgan fingerprint density at radius 2 is 1.75 bits per heavy atom. The van der Waals surface area contributed by atoms with Crippen LogP contribution in [0.1, 0.15) is 47.5 Å². The van der Waals surface area contributed by atoms with Gasteiger partial charge in [-0.3, -0.25) is 4.79 Å². The molecule has 0 heterocycles. The van der Waals surface area contributed by atoms with Crippen LogP contribution >= 0.6 is 0 Å². The van der Waals surface area contributed by atoms with E-state index in [0.29, 0.717) is 6.42 Å². The fourth-order valence-electron chi connectivity index (χ4n) is 1.37. The van der Waals surface area contributed by atoms with Crippen molar-refractivity contribution in [2.24, 2.45) is 0 Å². The summed E-state index contributed by atoms with van der Waals surface area (Å²) in [5.74, 6) is 0.271. The number of hydrogen-bond acceptors (Lipinski definition) is 1. The molecule has 0 unspecified atom stereocenters. The lowest BCUT2D eigenvalue weighted by molar-refractivity contribution is -0.135. The first-order valence-corrected chi connectivity index (χ1v) is 4.74. The third kappa shape index (κ3) is 3.24. The van der Waals surface area contributed by atoms with Crippen LogP contribution in [0.2, 0.25) is 0 Å². The van der Waals surface area contributed by atoms with E-state index in [1.807, 2.05) is 18.7 Å². The standard InChI is InChI=1S/C10H21NO/c1-6-8-9(12)11(7-2)10(3,4)5/h6-8H2,1-5H3. The normalized spacial score (nSPS) is 11.4. The molecule has 1 amide bonds. The van der Waals surface area contributed by atoms with Crippen molar-refractivity contribution >= 4 is 5.91 Å². The van der Waals surface area contributed by atoms with E-state index in [-0.39, 0.29) is 11.4 Å². The summed E-state index contributed by atoms with van der Waals surface area (Å²) >= 11 is 0. The summed E-state index contributed by atoms with van der Waals surface area (Å²) in [6.07, 6.45) is 1.61. The summed E-state index contributed by atoms with van der Waals surface area (Å²) in [6.45, 7) is 11.1. The maximum atomic E-state index is 11.5. The molecule has 0 atom stereocenters. The van der Waals surface area contributed by atoms with Crippen LogP contribution in [0.25, 0.3) is 0 Å². The van der Waals surface area contributed by atoms with E-state index in [1.54, 1.807) is 0 Å². The molecular weight excluding hydrogens is 150 g/mol. The van der Waals surface area contributed by atoms with Gasteiger partial charge < -0.3 is 4.90 Å². The maximum Gasteiger partial charge on any atom is 0.222 e. The van der Waals surface area contributed by atoms with Crippen molar-refractivity contribution in [3.63, 3.8) is 0 Å². The molecule has 0 fully saturated rings. The third-order valence-electron chi connectivity index (χ3n) is 1.89. The molecule has 0 aliphatic heterocycles. The minimum absolute atomic E-state index is 0.0268. The van der Waals surface area contributed by atoms with E-state index >= 15 is 0 Å². The molecule has 0 aromatic carbocycles. The number of rotatable bonds is 3.